The molecule has 0 radical (unpaired) electrons. The van der Waals surface area contributed by atoms with E-state index in [0.717, 1.165) is 11.4 Å². The lowest BCUT2D eigenvalue weighted by molar-refractivity contribution is -0.141. The van der Waals surface area contributed by atoms with Crippen LogP contribution in [0.5, 0.6) is 5.75 Å². The van der Waals surface area contributed by atoms with Gasteiger partial charge in [0.25, 0.3) is 0 Å². The minimum atomic E-state index is -1.18. The van der Waals surface area contributed by atoms with E-state index >= 15 is 0 Å². The normalized spacial score (nSPS) is 11.4. The van der Waals surface area contributed by atoms with Crippen LogP contribution in [0.2, 0.25) is 0 Å². The molecule has 136 valence electrons. The molecule has 0 aliphatic rings. The summed E-state index contributed by atoms with van der Waals surface area (Å²) in [5.41, 5.74) is 2.19. The maximum Gasteiger partial charge on any atom is 0.329 e. The van der Waals surface area contributed by atoms with Crippen molar-refractivity contribution in [3.8, 4) is 11.8 Å². The highest BCUT2D eigenvalue weighted by atomic mass is 16.5. The summed E-state index contributed by atoms with van der Waals surface area (Å²) in [5.74, 6) is -0.790. The Morgan fingerprint density at radius 2 is 1.81 bits per heavy atom. The number of benzene rings is 2. The summed E-state index contributed by atoms with van der Waals surface area (Å²) in [7, 11) is 1.24. The second-order valence-corrected chi connectivity index (χ2v) is 5.61. The van der Waals surface area contributed by atoms with Gasteiger partial charge in [0.1, 0.15) is 11.4 Å². The molecule has 7 heteroatoms. The van der Waals surface area contributed by atoms with Crippen molar-refractivity contribution >= 4 is 28.5 Å². The van der Waals surface area contributed by atoms with Gasteiger partial charge in [0.15, 0.2) is 11.7 Å². The van der Waals surface area contributed by atoms with E-state index in [2.05, 4.69) is 15.3 Å². The lowest BCUT2D eigenvalue weighted by Crippen LogP contribution is -2.16. The van der Waals surface area contributed by atoms with Gasteiger partial charge < -0.3 is 14.8 Å². The van der Waals surface area contributed by atoms with Crippen LogP contribution in [0.1, 0.15) is 18.5 Å². The van der Waals surface area contributed by atoms with Crippen LogP contribution in [-0.4, -0.2) is 29.7 Å². The number of carbonyl (C=O) groups excluding carboxylic acids is 1. The Morgan fingerprint density at radius 1 is 1.15 bits per heavy atom. The average Bonchev–Trinajstić information content (AvgIpc) is 2.70. The molecule has 0 amide bonds. The number of carbonyl (C=O) groups is 1. The first-order valence-corrected chi connectivity index (χ1v) is 8.40. The van der Waals surface area contributed by atoms with Gasteiger partial charge >= 0.3 is 5.97 Å². The van der Waals surface area contributed by atoms with Gasteiger partial charge in [-0.25, -0.2) is 9.97 Å². The molecule has 3 rings (SSSR count). The van der Waals surface area contributed by atoms with E-state index in [-0.39, 0.29) is 5.69 Å². The van der Waals surface area contributed by atoms with Gasteiger partial charge in [-0.05, 0) is 43.3 Å². The van der Waals surface area contributed by atoms with Crippen LogP contribution in [0.4, 0.5) is 11.5 Å². The number of aromatic nitrogens is 2. The average molecular weight is 362 g/mol. The number of para-hydroxylation sites is 2. The van der Waals surface area contributed by atoms with Crippen molar-refractivity contribution in [3.63, 3.8) is 0 Å². The molecule has 0 aliphatic heterocycles. The molecule has 1 atom stereocenters. The number of nitrogens with zero attached hydrogens (tertiary/aromatic N) is 3. The van der Waals surface area contributed by atoms with Crippen molar-refractivity contribution in [3.05, 3.63) is 54.2 Å². The van der Waals surface area contributed by atoms with Crippen LogP contribution in [0, 0.1) is 11.3 Å². The lowest BCUT2D eigenvalue weighted by Gasteiger charge is -2.14. The Bertz CT molecular complexity index is 996. The predicted octanol–water partition coefficient (Wildman–Crippen LogP) is 3.55. The molecule has 0 saturated heterocycles. The molecule has 7 nitrogen and oxygen atoms in total. The van der Waals surface area contributed by atoms with Crippen molar-refractivity contribution in [1.82, 2.24) is 9.97 Å². The second-order valence-electron chi connectivity index (χ2n) is 5.61. The van der Waals surface area contributed by atoms with Crippen molar-refractivity contribution in [1.29, 1.82) is 5.26 Å². The highest BCUT2D eigenvalue weighted by Gasteiger charge is 2.27. The summed E-state index contributed by atoms with van der Waals surface area (Å²) in [6.07, 6.45) is 0. The molecule has 1 aromatic heterocycles. The van der Waals surface area contributed by atoms with E-state index in [1.807, 2.05) is 55.5 Å². The van der Waals surface area contributed by atoms with Crippen LogP contribution in [0.25, 0.3) is 11.0 Å². The third-order valence-electron chi connectivity index (χ3n) is 3.86. The molecular weight excluding hydrogens is 344 g/mol. The monoisotopic (exact) mass is 362 g/mol. The highest BCUT2D eigenvalue weighted by Crippen LogP contribution is 2.28. The first kappa shape index (κ1) is 18.1. The third kappa shape index (κ3) is 3.96. The smallest absolute Gasteiger partial charge is 0.329 e. The number of ether oxygens (including phenoxy) is 2. The Labute approximate surface area is 156 Å². The largest absolute Gasteiger partial charge is 0.494 e. The number of hydrogen-bond acceptors (Lipinski definition) is 7. The van der Waals surface area contributed by atoms with Crippen LogP contribution in [-0.2, 0) is 9.53 Å². The number of nitrogens with one attached hydrogen (secondary N) is 1. The maximum absolute atomic E-state index is 12.0. The number of anilines is 2. The van der Waals surface area contributed by atoms with Crippen LogP contribution < -0.4 is 10.1 Å². The summed E-state index contributed by atoms with van der Waals surface area (Å²) in [5, 5.41) is 12.6. The third-order valence-corrected chi connectivity index (χ3v) is 3.86. The number of nitriles is 1. The number of esters is 1. The van der Waals surface area contributed by atoms with Gasteiger partial charge in [-0.3, -0.25) is 4.79 Å². The standard InChI is InChI=1S/C20H18N4O3/c1-3-27-14-10-8-13(9-11-14)22-19-18(15(12-21)20(25)26-2)23-16-6-4-5-7-17(16)24-19/h4-11,15H,3H2,1-2H3,(H,22,24). The molecule has 0 spiro atoms. The first-order valence-electron chi connectivity index (χ1n) is 8.40. The zero-order valence-electron chi connectivity index (χ0n) is 15.0. The van der Waals surface area contributed by atoms with Crippen molar-refractivity contribution < 1.29 is 14.3 Å². The SMILES string of the molecule is CCOc1ccc(Nc2nc3ccccc3nc2C(C#N)C(=O)OC)cc1. The van der Waals surface area contributed by atoms with E-state index in [0.29, 0.717) is 23.5 Å². The van der Waals surface area contributed by atoms with Gasteiger partial charge in [-0.15, -0.1) is 0 Å². The molecule has 1 unspecified atom stereocenters. The quantitative estimate of drug-likeness (QED) is 0.670. The van der Waals surface area contributed by atoms with Gasteiger partial charge in [0.2, 0.25) is 0 Å². The molecule has 2 aromatic carbocycles. The Balaban J connectivity index is 2.05. The van der Waals surface area contributed by atoms with E-state index < -0.39 is 11.9 Å². The van der Waals surface area contributed by atoms with E-state index in [9.17, 15) is 10.1 Å². The molecule has 0 aliphatic carbocycles. The minimum Gasteiger partial charge on any atom is -0.494 e. The van der Waals surface area contributed by atoms with Crippen LogP contribution >= 0.6 is 0 Å². The summed E-state index contributed by atoms with van der Waals surface area (Å²) >= 11 is 0. The van der Waals surface area contributed by atoms with Gasteiger partial charge in [-0.1, -0.05) is 12.1 Å². The summed E-state index contributed by atoms with van der Waals surface area (Å²) in [6, 6.07) is 16.5. The summed E-state index contributed by atoms with van der Waals surface area (Å²) in [6.45, 7) is 2.49. The van der Waals surface area contributed by atoms with Crippen molar-refractivity contribution in [2.24, 2.45) is 0 Å². The fourth-order valence-corrected chi connectivity index (χ4v) is 2.59. The van der Waals surface area contributed by atoms with Crippen LogP contribution in [0.3, 0.4) is 0 Å². The molecule has 0 fully saturated rings. The first-order chi connectivity index (χ1) is 13.2. The molecule has 0 bridgehead atoms. The molecule has 3 aromatic rings. The van der Waals surface area contributed by atoms with E-state index in [4.69, 9.17) is 9.47 Å². The number of fused-ring (bicyclic) bond motifs is 1. The van der Waals surface area contributed by atoms with Gasteiger partial charge in [-0.2, -0.15) is 5.26 Å². The van der Waals surface area contributed by atoms with Gasteiger partial charge in [0.05, 0.1) is 30.8 Å². The Kier molecular flexibility index (Phi) is 5.47. The molecule has 1 N–H and O–H groups in total. The zero-order valence-corrected chi connectivity index (χ0v) is 15.0. The number of rotatable bonds is 6. The predicted molar refractivity (Wildman–Crippen MR) is 101 cm³/mol. The minimum absolute atomic E-state index is 0.219. The summed E-state index contributed by atoms with van der Waals surface area (Å²) < 4.78 is 10.2. The fraction of sp³-hybridized carbons (Fsp3) is 0.200. The molecular formula is C20H18N4O3. The Hall–Kier alpha value is -3.66. The Morgan fingerprint density at radius 3 is 2.41 bits per heavy atom. The van der Waals surface area contributed by atoms with Crippen molar-refractivity contribution in [2.75, 3.05) is 19.0 Å². The molecule has 1 heterocycles. The van der Waals surface area contributed by atoms with Crippen molar-refractivity contribution in [2.45, 2.75) is 12.8 Å². The van der Waals surface area contributed by atoms with E-state index in [1.165, 1.54) is 7.11 Å². The summed E-state index contributed by atoms with van der Waals surface area (Å²) in [4.78, 5) is 21.1. The number of methoxy groups -OCH3 is 1. The number of hydrogen-bond donors (Lipinski definition) is 1. The fourth-order valence-electron chi connectivity index (χ4n) is 2.59. The molecule has 27 heavy (non-hydrogen) atoms. The lowest BCUT2D eigenvalue weighted by atomic mass is 10.1. The van der Waals surface area contributed by atoms with Crippen LogP contribution in [0.15, 0.2) is 48.5 Å². The maximum atomic E-state index is 12.0. The van der Waals surface area contributed by atoms with Gasteiger partial charge in [0, 0.05) is 5.69 Å². The molecule has 0 saturated carbocycles. The second kappa shape index (κ2) is 8.15. The van der Waals surface area contributed by atoms with E-state index in [1.54, 1.807) is 6.07 Å². The zero-order chi connectivity index (χ0) is 19.2. The topological polar surface area (TPSA) is 97.1 Å². The highest BCUT2D eigenvalue weighted by molar-refractivity contribution is 5.85.